The van der Waals surface area contributed by atoms with Gasteiger partial charge in [0, 0.05) is 6.42 Å². The van der Waals surface area contributed by atoms with Gasteiger partial charge < -0.3 is 9.79 Å². The fraction of sp³-hybridized carbons (Fsp3) is 0.462. The van der Waals surface area contributed by atoms with Gasteiger partial charge in [-0.1, -0.05) is 30.3 Å². The average Bonchev–Trinajstić information content (AvgIpc) is 2.28. The third-order valence-corrected chi connectivity index (χ3v) is 4.83. The van der Waals surface area contributed by atoms with E-state index in [2.05, 4.69) is 0 Å². The van der Waals surface area contributed by atoms with Gasteiger partial charge >= 0.3 is 7.60 Å². The lowest BCUT2D eigenvalue weighted by atomic mass is 10.0. The van der Waals surface area contributed by atoms with E-state index in [4.69, 9.17) is 9.79 Å². The molecule has 0 atom stereocenters. The molecule has 5 heteroatoms. The molecule has 0 aliphatic carbocycles. The monoisotopic (exact) mass is 270 g/mol. The Hall–Kier alpha value is -0.960. The predicted molar refractivity (Wildman–Crippen MR) is 70.5 cm³/mol. The minimum Gasteiger partial charge on any atom is -0.324 e. The van der Waals surface area contributed by atoms with Crippen LogP contribution in [0.1, 0.15) is 32.3 Å². The molecule has 2 N–H and O–H groups in total. The number of benzene rings is 1. The largest absolute Gasteiger partial charge is 0.338 e. The molecule has 0 aromatic heterocycles. The van der Waals surface area contributed by atoms with E-state index < -0.39 is 12.8 Å². The van der Waals surface area contributed by atoms with Gasteiger partial charge in [0.05, 0.1) is 0 Å². The van der Waals surface area contributed by atoms with Gasteiger partial charge in [0.25, 0.3) is 0 Å². The highest BCUT2D eigenvalue weighted by Gasteiger charge is 2.43. The van der Waals surface area contributed by atoms with E-state index in [0.717, 1.165) is 12.0 Å². The Balaban J connectivity index is 2.50. The molecule has 0 unspecified atom stereocenters. The summed E-state index contributed by atoms with van der Waals surface area (Å²) >= 11 is 0. The number of Topliss-reactive ketones (excluding diaryl/α,β-unsaturated/α-hetero) is 1. The van der Waals surface area contributed by atoms with Crippen molar-refractivity contribution in [2.24, 2.45) is 0 Å². The molecule has 0 aliphatic rings. The van der Waals surface area contributed by atoms with E-state index in [-0.39, 0.29) is 12.2 Å². The Kier molecular flexibility index (Phi) is 4.85. The van der Waals surface area contributed by atoms with Crippen molar-refractivity contribution in [1.29, 1.82) is 0 Å². The molecule has 18 heavy (non-hydrogen) atoms. The van der Waals surface area contributed by atoms with Crippen molar-refractivity contribution in [3.8, 4) is 0 Å². The Morgan fingerprint density at radius 3 is 2.28 bits per heavy atom. The van der Waals surface area contributed by atoms with Gasteiger partial charge in [-0.15, -0.1) is 0 Å². The van der Waals surface area contributed by atoms with E-state index in [1.54, 1.807) is 0 Å². The maximum absolute atomic E-state index is 11.8. The van der Waals surface area contributed by atoms with Crippen LogP contribution in [0.4, 0.5) is 0 Å². The first-order valence-corrected chi connectivity index (χ1v) is 7.49. The standard InChI is InChI=1S/C13H19O4P/c1-13(2,18(15,16)17)12(14)10-6-9-11-7-4-3-5-8-11/h3-5,7-8H,6,9-10H2,1-2H3,(H2,15,16,17). The molecule has 0 aliphatic heterocycles. The highest BCUT2D eigenvalue weighted by Crippen LogP contribution is 2.51. The lowest BCUT2D eigenvalue weighted by Crippen LogP contribution is -2.31. The second-order valence-corrected chi connectivity index (χ2v) is 7.07. The summed E-state index contributed by atoms with van der Waals surface area (Å²) in [5, 5.41) is -1.58. The van der Waals surface area contributed by atoms with Crippen LogP contribution in [0.3, 0.4) is 0 Å². The molecule has 100 valence electrons. The third-order valence-electron chi connectivity index (χ3n) is 3.12. The van der Waals surface area contributed by atoms with Crippen molar-refractivity contribution >= 4 is 13.4 Å². The van der Waals surface area contributed by atoms with Gasteiger partial charge in [-0.3, -0.25) is 9.36 Å². The maximum Gasteiger partial charge on any atom is 0.338 e. The van der Waals surface area contributed by atoms with Crippen LogP contribution in [0.15, 0.2) is 30.3 Å². The van der Waals surface area contributed by atoms with E-state index in [1.165, 1.54) is 13.8 Å². The Bertz CT molecular complexity index is 447. The number of ketones is 1. The minimum atomic E-state index is -4.39. The summed E-state index contributed by atoms with van der Waals surface area (Å²) in [5.41, 5.74) is 1.12. The fourth-order valence-electron chi connectivity index (χ4n) is 1.57. The van der Waals surface area contributed by atoms with Crippen molar-refractivity contribution < 1.29 is 19.1 Å². The van der Waals surface area contributed by atoms with Crippen LogP contribution in [0.5, 0.6) is 0 Å². The summed E-state index contributed by atoms with van der Waals surface area (Å²) in [7, 11) is -4.39. The summed E-state index contributed by atoms with van der Waals surface area (Å²) < 4.78 is 11.2. The van der Waals surface area contributed by atoms with Crippen molar-refractivity contribution in [3.05, 3.63) is 35.9 Å². The summed E-state index contributed by atoms with van der Waals surface area (Å²) in [5.74, 6) is -0.383. The molecule has 1 aromatic carbocycles. The first-order chi connectivity index (χ1) is 8.25. The van der Waals surface area contributed by atoms with Crippen molar-refractivity contribution in [3.63, 3.8) is 0 Å². The van der Waals surface area contributed by atoms with Gasteiger partial charge in [0.2, 0.25) is 0 Å². The molecule has 0 heterocycles. The van der Waals surface area contributed by atoms with Crippen LogP contribution in [-0.4, -0.2) is 20.7 Å². The molecular formula is C13H19O4P. The SMILES string of the molecule is CC(C)(C(=O)CCCc1ccccc1)P(=O)(O)O. The number of hydrogen-bond acceptors (Lipinski definition) is 2. The lowest BCUT2D eigenvalue weighted by Gasteiger charge is -2.24. The van der Waals surface area contributed by atoms with Gasteiger partial charge in [-0.05, 0) is 32.3 Å². The van der Waals surface area contributed by atoms with Gasteiger partial charge in [0.1, 0.15) is 5.16 Å². The number of hydrogen-bond donors (Lipinski definition) is 2. The van der Waals surface area contributed by atoms with Crippen molar-refractivity contribution in [2.45, 2.75) is 38.3 Å². The molecule has 0 saturated carbocycles. The van der Waals surface area contributed by atoms with Crippen LogP contribution >= 0.6 is 7.60 Å². The average molecular weight is 270 g/mol. The van der Waals surface area contributed by atoms with Gasteiger partial charge in [0.15, 0.2) is 5.78 Å². The smallest absolute Gasteiger partial charge is 0.324 e. The molecule has 0 saturated heterocycles. The summed E-state index contributed by atoms with van der Waals surface area (Å²) in [6, 6.07) is 9.72. The summed E-state index contributed by atoms with van der Waals surface area (Å²) in [4.78, 5) is 30.1. The zero-order valence-corrected chi connectivity index (χ0v) is 11.6. The summed E-state index contributed by atoms with van der Waals surface area (Å²) in [6.07, 6.45) is 1.53. The maximum atomic E-state index is 11.8. The van der Waals surface area contributed by atoms with Crippen LogP contribution < -0.4 is 0 Å². The topological polar surface area (TPSA) is 74.6 Å². The molecule has 0 bridgehead atoms. The van der Waals surface area contributed by atoms with E-state index in [0.29, 0.717) is 6.42 Å². The van der Waals surface area contributed by atoms with Gasteiger partial charge in [-0.25, -0.2) is 0 Å². The van der Waals surface area contributed by atoms with Crippen molar-refractivity contribution in [1.82, 2.24) is 0 Å². The predicted octanol–water partition coefficient (Wildman–Crippen LogP) is 2.53. The second-order valence-electron chi connectivity index (χ2n) is 4.87. The number of carbonyl (C=O) groups excluding carboxylic acids is 1. The quantitative estimate of drug-likeness (QED) is 0.779. The van der Waals surface area contributed by atoms with Crippen LogP contribution in [-0.2, 0) is 15.8 Å². The zero-order chi connectivity index (χ0) is 13.8. The normalized spacial score (nSPS) is 12.4. The third kappa shape index (κ3) is 3.77. The Labute approximate surface area is 107 Å². The number of carbonyl (C=O) groups is 1. The van der Waals surface area contributed by atoms with Crippen LogP contribution in [0, 0.1) is 0 Å². The minimum absolute atomic E-state index is 0.188. The number of rotatable bonds is 6. The molecule has 4 nitrogen and oxygen atoms in total. The van der Waals surface area contributed by atoms with Crippen molar-refractivity contribution in [2.75, 3.05) is 0 Å². The van der Waals surface area contributed by atoms with E-state index in [9.17, 15) is 9.36 Å². The summed E-state index contributed by atoms with van der Waals surface area (Å²) in [6.45, 7) is 2.61. The highest BCUT2D eigenvalue weighted by molar-refractivity contribution is 7.54. The number of aryl methyl sites for hydroxylation is 1. The van der Waals surface area contributed by atoms with E-state index in [1.807, 2.05) is 30.3 Å². The highest BCUT2D eigenvalue weighted by atomic mass is 31.2. The Morgan fingerprint density at radius 1 is 1.22 bits per heavy atom. The van der Waals surface area contributed by atoms with Crippen LogP contribution in [0.2, 0.25) is 0 Å². The molecule has 0 amide bonds. The fourth-order valence-corrected chi connectivity index (χ4v) is 2.00. The molecule has 0 spiro atoms. The zero-order valence-electron chi connectivity index (χ0n) is 10.7. The molecule has 0 fully saturated rings. The lowest BCUT2D eigenvalue weighted by molar-refractivity contribution is -0.121. The first kappa shape index (κ1) is 15.1. The Morgan fingerprint density at radius 2 is 1.78 bits per heavy atom. The van der Waals surface area contributed by atoms with Gasteiger partial charge in [-0.2, -0.15) is 0 Å². The molecular weight excluding hydrogens is 251 g/mol. The second kappa shape index (κ2) is 5.79. The van der Waals surface area contributed by atoms with Crippen LogP contribution in [0.25, 0.3) is 0 Å². The first-order valence-electron chi connectivity index (χ1n) is 5.88. The molecule has 1 rings (SSSR count). The van der Waals surface area contributed by atoms with E-state index >= 15 is 0 Å². The molecule has 1 aromatic rings. The molecule has 0 radical (unpaired) electrons.